The van der Waals surface area contributed by atoms with Crippen LogP contribution in [0.2, 0.25) is 0 Å². The Morgan fingerprint density at radius 1 is 1.12 bits per heavy atom. The highest BCUT2D eigenvalue weighted by Crippen LogP contribution is 2.17. The van der Waals surface area contributed by atoms with Crippen molar-refractivity contribution in [2.75, 3.05) is 19.0 Å². The van der Waals surface area contributed by atoms with E-state index >= 15 is 0 Å². The number of aromatic amines is 1. The van der Waals surface area contributed by atoms with Gasteiger partial charge in [0.1, 0.15) is 5.75 Å². The number of esters is 1. The van der Waals surface area contributed by atoms with Crippen molar-refractivity contribution in [3.63, 3.8) is 0 Å². The van der Waals surface area contributed by atoms with Crippen LogP contribution >= 0.6 is 0 Å². The summed E-state index contributed by atoms with van der Waals surface area (Å²) in [6.45, 7) is -0.495. The smallest absolute Gasteiger partial charge is 0.359 e. The molecule has 132 valence electrons. The van der Waals surface area contributed by atoms with Crippen molar-refractivity contribution >= 4 is 28.3 Å². The fourth-order valence-electron chi connectivity index (χ4n) is 2.37. The van der Waals surface area contributed by atoms with Crippen LogP contribution in [0.15, 0.2) is 53.3 Å². The van der Waals surface area contributed by atoms with E-state index in [-0.39, 0.29) is 5.69 Å². The van der Waals surface area contributed by atoms with Gasteiger partial charge in [0.15, 0.2) is 12.3 Å². The maximum Gasteiger partial charge on any atom is 0.359 e. The third kappa shape index (κ3) is 3.69. The number of hydrogen-bond donors (Lipinski definition) is 2. The second kappa shape index (κ2) is 7.47. The molecule has 0 unspecified atom stereocenters. The summed E-state index contributed by atoms with van der Waals surface area (Å²) in [7, 11) is 1.52. The molecule has 0 aliphatic heterocycles. The number of anilines is 1. The minimum absolute atomic E-state index is 0.0608. The van der Waals surface area contributed by atoms with E-state index in [4.69, 9.17) is 9.47 Å². The zero-order valence-electron chi connectivity index (χ0n) is 13.8. The van der Waals surface area contributed by atoms with Crippen molar-refractivity contribution in [1.29, 1.82) is 0 Å². The van der Waals surface area contributed by atoms with E-state index < -0.39 is 24.0 Å². The van der Waals surface area contributed by atoms with Crippen molar-refractivity contribution in [3.8, 4) is 5.75 Å². The number of carbonyl (C=O) groups excluding carboxylic acids is 2. The van der Waals surface area contributed by atoms with Gasteiger partial charge in [0.25, 0.3) is 11.5 Å². The van der Waals surface area contributed by atoms with E-state index in [0.29, 0.717) is 22.2 Å². The molecule has 1 amide bonds. The molecule has 8 heteroatoms. The van der Waals surface area contributed by atoms with Crippen molar-refractivity contribution in [1.82, 2.24) is 10.2 Å². The van der Waals surface area contributed by atoms with Crippen LogP contribution in [0.3, 0.4) is 0 Å². The monoisotopic (exact) mass is 353 g/mol. The van der Waals surface area contributed by atoms with E-state index in [9.17, 15) is 14.4 Å². The summed E-state index contributed by atoms with van der Waals surface area (Å²) in [5.74, 6) is -0.734. The number of rotatable bonds is 5. The Balaban J connectivity index is 1.68. The van der Waals surface area contributed by atoms with Crippen molar-refractivity contribution < 1.29 is 19.1 Å². The average molecular weight is 353 g/mol. The number of carbonyl (C=O) groups is 2. The van der Waals surface area contributed by atoms with Crippen molar-refractivity contribution in [2.24, 2.45) is 0 Å². The predicted molar refractivity (Wildman–Crippen MR) is 94.3 cm³/mol. The van der Waals surface area contributed by atoms with Crippen LogP contribution in [0.4, 0.5) is 5.69 Å². The van der Waals surface area contributed by atoms with Gasteiger partial charge in [0, 0.05) is 17.1 Å². The van der Waals surface area contributed by atoms with Crippen LogP contribution in [0.1, 0.15) is 10.5 Å². The average Bonchev–Trinajstić information content (AvgIpc) is 2.67. The predicted octanol–water partition coefficient (Wildman–Crippen LogP) is 1.73. The molecule has 0 fully saturated rings. The normalized spacial score (nSPS) is 10.3. The summed E-state index contributed by atoms with van der Waals surface area (Å²) in [5.41, 5.74) is 0.0420. The molecule has 0 aliphatic carbocycles. The standard InChI is InChI=1S/C18H15N3O5/c1-25-12-6-4-5-11(9-12)19-15(22)10-26-18(24)16-13-7-2-3-8-14(13)17(23)21-20-16/h2-9H,10H2,1H3,(H,19,22)(H,21,23). The maximum atomic E-state index is 12.2. The van der Waals surface area contributed by atoms with Gasteiger partial charge in [-0.2, -0.15) is 5.10 Å². The van der Waals surface area contributed by atoms with Crippen LogP contribution in [0.25, 0.3) is 10.8 Å². The number of ether oxygens (including phenoxy) is 2. The lowest BCUT2D eigenvalue weighted by molar-refractivity contribution is -0.119. The molecule has 3 aromatic rings. The van der Waals surface area contributed by atoms with E-state index in [1.54, 1.807) is 48.5 Å². The zero-order valence-corrected chi connectivity index (χ0v) is 13.8. The first-order chi connectivity index (χ1) is 12.6. The van der Waals surface area contributed by atoms with Crippen LogP contribution in [0, 0.1) is 0 Å². The Kier molecular flexibility index (Phi) is 4.93. The molecule has 0 bridgehead atoms. The number of benzene rings is 2. The first-order valence-corrected chi connectivity index (χ1v) is 7.67. The Morgan fingerprint density at radius 2 is 1.88 bits per heavy atom. The molecule has 0 aliphatic rings. The molecule has 3 rings (SSSR count). The number of nitrogens with zero attached hydrogens (tertiary/aromatic N) is 1. The number of H-pyrrole nitrogens is 1. The summed E-state index contributed by atoms with van der Waals surface area (Å²) in [5, 5.41) is 9.24. The topological polar surface area (TPSA) is 110 Å². The minimum atomic E-state index is -0.807. The molecule has 1 heterocycles. The fourth-order valence-corrected chi connectivity index (χ4v) is 2.37. The summed E-state index contributed by atoms with van der Waals surface area (Å²) >= 11 is 0. The van der Waals surface area contributed by atoms with Gasteiger partial charge in [-0.1, -0.05) is 24.3 Å². The second-order valence-electron chi connectivity index (χ2n) is 5.30. The molecule has 1 aromatic heterocycles. The Hall–Kier alpha value is -3.68. The quantitative estimate of drug-likeness (QED) is 0.676. The molecule has 2 aromatic carbocycles. The lowest BCUT2D eigenvalue weighted by atomic mass is 10.1. The first-order valence-electron chi connectivity index (χ1n) is 7.67. The van der Waals surface area contributed by atoms with E-state index in [2.05, 4.69) is 15.5 Å². The van der Waals surface area contributed by atoms with Gasteiger partial charge in [0.05, 0.1) is 12.5 Å². The third-order valence-corrected chi connectivity index (χ3v) is 3.58. The van der Waals surface area contributed by atoms with Crippen LogP contribution in [-0.4, -0.2) is 35.8 Å². The molecule has 26 heavy (non-hydrogen) atoms. The molecule has 0 atom stereocenters. The molecule has 2 N–H and O–H groups in total. The Labute approximate surface area is 147 Å². The van der Waals surface area contributed by atoms with Gasteiger partial charge in [-0.05, 0) is 18.2 Å². The number of nitrogens with one attached hydrogen (secondary N) is 2. The Bertz CT molecular complexity index is 1030. The van der Waals surface area contributed by atoms with E-state index in [1.807, 2.05) is 0 Å². The van der Waals surface area contributed by atoms with Crippen LogP contribution in [-0.2, 0) is 9.53 Å². The van der Waals surface area contributed by atoms with Gasteiger partial charge in [-0.25, -0.2) is 9.89 Å². The second-order valence-corrected chi connectivity index (χ2v) is 5.30. The van der Waals surface area contributed by atoms with Gasteiger partial charge in [0.2, 0.25) is 0 Å². The van der Waals surface area contributed by atoms with E-state index in [0.717, 1.165) is 0 Å². The van der Waals surface area contributed by atoms with Crippen LogP contribution in [0.5, 0.6) is 5.75 Å². The first kappa shape index (κ1) is 17.2. The number of methoxy groups -OCH3 is 1. The highest BCUT2D eigenvalue weighted by Gasteiger charge is 2.16. The number of hydrogen-bond acceptors (Lipinski definition) is 6. The summed E-state index contributed by atoms with van der Waals surface area (Å²) in [6, 6.07) is 13.3. The van der Waals surface area contributed by atoms with Gasteiger partial charge >= 0.3 is 5.97 Å². The third-order valence-electron chi connectivity index (χ3n) is 3.58. The summed E-state index contributed by atoms with van der Waals surface area (Å²) in [4.78, 5) is 35.9. The molecule has 0 saturated carbocycles. The molecule has 0 radical (unpaired) electrons. The molecule has 0 saturated heterocycles. The zero-order chi connectivity index (χ0) is 18.5. The minimum Gasteiger partial charge on any atom is -0.497 e. The lowest BCUT2D eigenvalue weighted by Crippen LogP contribution is -2.22. The van der Waals surface area contributed by atoms with Gasteiger partial charge in [-0.3, -0.25) is 9.59 Å². The Morgan fingerprint density at radius 3 is 2.65 bits per heavy atom. The molecule has 8 nitrogen and oxygen atoms in total. The molecular weight excluding hydrogens is 338 g/mol. The highest BCUT2D eigenvalue weighted by molar-refractivity contribution is 6.03. The maximum absolute atomic E-state index is 12.2. The van der Waals surface area contributed by atoms with E-state index in [1.165, 1.54) is 7.11 Å². The highest BCUT2D eigenvalue weighted by atomic mass is 16.5. The number of aromatic nitrogens is 2. The van der Waals surface area contributed by atoms with Gasteiger partial charge < -0.3 is 14.8 Å². The summed E-state index contributed by atoms with van der Waals surface area (Å²) < 4.78 is 10.1. The molecule has 0 spiro atoms. The summed E-state index contributed by atoms with van der Waals surface area (Å²) in [6.07, 6.45) is 0. The van der Waals surface area contributed by atoms with Crippen LogP contribution < -0.4 is 15.6 Å². The largest absolute Gasteiger partial charge is 0.497 e. The molecular formula is C18H15N3O5. The van der Waals surface area contributed by atoms with Gasteiger partial charge in [-0.15, -0.1) is 0 Å². The number of fused-ring (bicyclic) bond motifs is 1. The van der Waals surface area contributed by atoms with Crippen molar-refractivity contribution in [3.05, 3.63) is 64.6 Å². The van der Waals surface area contributed by atoms with Crippen molar-refractivity contribution in [2.45, 2.75) is 0 Å². The lowest BCUT2D eigenvalue weighted by Gasteiger charge is -2.08. The fraction of sp³-hybridized carbons (Fsp3) is 0.111. The SMILES string of the molecule is COc1cccc(NC(=O)COC(=O)c2n[nH]c(=O)c3ccccc23)c1. The number of amides is 1.